The molecular weight excluding hydrogens is 289 g/mol. The van der Waals surface area contributed by atoms with E-state index in [2.05, 4.69) is 0 Å². The number of benzene rings is 1. The van der Waals surface area contributed by atoms with Gasteiger partial charge in [0.15, 0.2) is 0 Å². The maximum atomic E-state index is 12.5. The fourth-order valence-electron chi connectivity index (χ4n) is 1.97. The van der Waals surface area contributed by atoms with Gasteiger partial charge < -0.3 is 5.11 Å². The first kappa shape index (κ1) is 17.4. The van der Waals surface area contributed by atoms with Gasteiger partial charge in [-0.3, -0.25) is 15.0 Å². The molecule has 0 bridgehead atoms. The van der Waals surface area contributed by atoms with Crippen molar-refractivity contribution in [3.05, 3.63) is 39.4 Å². The van der Waals surface area contributed by atoms with Gasteiger partial charge in [0.2, 0.25) is 0 Å². The van der Waals surface area contributed by atoms with Crippen LogP contribution in [0.3, 0.4) is 0 Å². The second-order valence-corrected chi connectivity index (χ2v) is 4.78. The van der Waals surface area contributed by atoms with Crippen LogP contribution < -0.4 is 0 Å². The smallest absolute Gasteiger partial charge is 0.396 e. The van der Waals surface area contributed by atoms with Gasteiger partial charge in [-0.2, -0.15) is 13.2 Å². The van der Waals surface area contributed by atoms with Gasteiger partial charge in [-0.25, -0.2) is 0 Å². The fourth-order valence-corrected chi connectivity index (χ4v) is 1.97. The first-order chi connectivity index (χ1) is 9.73. The van der Waals surface area contributed by atoms with E-state index in [1.807, 2.05) is 0 Å². The number of aliphatic hydroxyl groups is 1. The number of alkyl halides is 3. The number of rotatable bonds is 7. The van der Waals surface area contributed by atoms with Crippen LogP contribution in [0, 0.1) is 17.0 Å². The third-order valence-electron chi connectivity index (χ3n) is 2.91. The largest absolute Gasteiger partial charge is 0.401 e. The van der Waals surface area contributed by atoms with Gasteiger partial charge in [-0.1, -0.05) is 12.1 Å². The van der Waals surface area contributed by atoms with E-state index in [1.54, 1.807) is 13.0 Å². The Morgan fingerprint density at radius 2 is 2.05 bits per heavy atom. The van der Waals surface area contributed by atoms with E-state index in [-0.39, 0.29) is 31.8 Å². The topological polar surface area (TPSA) is 66.6 Å². The van der Waals surface area contributed by atoms with E-state index < -0.39 is 17.6 Å². The Balaban J connectivity index is 2.87. The van der Waals surface area contributed by atoms with Crippen molar-refractivity contribution in [2.45, 2.75) is 26.1 Å². The van der Waals surface area contributed by atoms with Crippen LogP contribution in [0.4, 0.5) is 18.9 Å². The zero-order valence-corrected chi connectivity index (χ0v) is 11.6. The molecule has 0 atom stereocenters. The summed E-state index contributed by atoms with van der Waals surface area (Å²) in [6.45, 7) is 0.260. The molecule has 8 heteroatoms. The third-order valence-corrected chi connectivity index (χ3v) is 2.91. The first-order valence-corrected chi connectivity index (χ1v) is 6.37. The van der Waals surface area contributed by atoms with E-state index in [1.165, 1.54) is 12.1 Å². The molecule has 0 saturated heterocycles. The van der Waals surface area contributed by atoms with E-state index in [4.69, 9.17) is 5.11 Å². The highest BCUT2D eigenvalue weighted by Crippen LogP contribution is 2.22. The Hall–Kier alpha value is -1.67. The normalized spacial score (nSPS) is 11.9. The maximum absolute atomic E-state index is 12.5. The summed E-state index contributed by atoms with van der Waals surface area (Å²) in [6.07, 6.45) is -4.14. The summed E-state index contributed by atoms with van der Waals surface area (Å²) in [5, 5.41) is 19.6. The highest BCUT2D eigenvalue weighted by molar-refractivity contribution is 5.42. The third kappa shape index (κ3) is 6.09. The number of aliphatic hydroxyl groups excluding tert-OH is 1. The van der Waals surface area contributed by atoms with E-state index in [0.717, 1.165) is 4.90 Å². The summed E-state index contributed by atoms with van der Waals surface area (Å²) in [5.41, 5.74) is 0.789. The number of nitro groups is 1. The Kier molecular flexibility index (Phi) is 6.10. The van der Waals surface area contributed by atoms with E-state index in [9.17, 15) is 23.3 Å². The minimum Gasteiger partial charge on any atom is -0.396 e. The minimum absolute atomic E-state index is 0.0549. The Morgan fingerprint density at radius 3 is 2.57 bits per heavy atom. The Labute approximate surface area is 120 Å². The summed E-state index contributed by atoms with van der Waals surface area (Å²) >= 11 is 0. The summed E-state index contributed by atoms with van der Waals surface area (Å²) in [5.74, 6) is 0. The second kappa shape index (κ2) is 7.37. The van der Waals surface area contributed by atoms with Crippen molar-refractivity contribution in [1.29, 1.82) is 0 Å². The minimum atomic E-state index is -4.36. The molecule has 1 aromatic rings. The SMILES string of the molecule is Cc1ccc(CN(CCCO)CC(F)(F)F)cc1[N+](=O)[O-]. The highest BCUT2D eigenvalue weighted by Gasteiger charge is 2.30. The summed E-state index contributed by atoms with van der Waals surface area (Å²) in [6, 6.07) is 4.38. The summed E-state index contributed by atoms with van der Waals surface area (Å²) < 4.78 is 37.5. The van der Waals surface area contributed by atoms with E-state index >= 15 is 0 Å². The number of aryl methyl sites for hydroxylation is 1. The monoisotopic (exact) mass is 306 g/mol. The molecule has 1 N–H and O–H groups in total. The molecular formula is C13H17F3N2O3. The second-order valence-electron chi connectivity index (χ2n) is 4.78. The van der Waals surface area contributed by atoms with Crippen molar-refractivity contribution in [3.63, 3.8) is 0 Å². The predicted octanol–water partition coefficient (Wildman–Crippen LogP) is 2.65. The Morgan fingerprint density at radius 1 is 1.38 bits per heavy atom. The molecule has 21 heavy (non-hydrogen) atoms. The molecule has 0 unspecified atom stereocenters. The number of nitrogens with zero attached hydrogens (tertiary/aromatic N) is 2. The lowest BCUT2D eigenvalue weighted by Gasteiger charge is -2.23. The summed E-state index contributed by atoms with van der Waals surface area (Å²) in [4.78, 5) is 11.4. The van der Waals surface area contributed by atoms with Crippen molar-refractivity contribution < 1.29 is 23.2 Å². The quantitative estimate of drug-likeness (QED) is 0.621. The van der Waals surface area contributed by atoms with Gasteiger partial charge in [0.25, 0.3) is 5.69 Å². The van der Waals surface area contributed by atoms with Crippen LogP contribution in [0.2, 0.25) is 0 Å². The number of hydrogen-bond acceptors (Lipinski definition) is 4. The molecule has 0 saturated carbocycles. The Bertz CT molecular complexity index is 492. The van der Waals surface area contributed by atoms with Crippen LogP contribution in [0.25, 0.3) is 0 Å². The van der Waals surface area contributed by atoms with Crippen molar-refractivity contribution in [2.75, 3.05) is 19.7 Å². The number of halogens is 3. The average Bonchev–Trinajstić information content (AvgIpc) is 2.36. The molecule has 0 spiro atoms. The lowest BCUT2D eigenvalue weighted by atomic mass is 10.1. The summed E-state index contributed by atoms with van der Waals surface area (Å²) in [7, 11) is 0. The molecule has 0 fully saturated rings. The van der Waals surface area contributed by atoms with Crippen LogP contribution in [-0.4, -0.2) is 40.8 Å². The van der Waals surface area contributed by atoms with E-state index in [0.29, 0.717) is 11.1 Å². The zero-order chi connectivity index (χ0) is 16.0. The van der Waals surface area contributed by atoms with Crippen LogP contribution in [0.5, 0.6) is 0 Å². The van der Waals surface area contributed by atoms with Gasteiger partial charge in [0.1, 0.15) is 0 Å². The van der Waals surface area contributed by atoms with Gasteiger partial charge in [-0.15, -0.1) is 0 Å². The lowest BCUT2D eigenvalue weighted by Crippen LogP contribution is -2.34. The molecule has 118 valence electrons. The molecule has 0 radical (unpaired) electrons. The molecule has 1 aromatic carbocycles. The maximum Gasteiger partial charge on any atom is 0.401 e. The molecule has 0 amide bonds. The fraction of sp³-hybridized carbons (Fsp3) is 0.538. The molecule has 5 nitrogen and oxygen atoms in total. The molecule has 0 aliphatic carbocycles. The standard InChI is InChI=1S/C13H17F3N2O3/c1-10-3-4-11(7-12(10)18(20)21)8-17(5-2-6-19)9-13(14,15)16/h3-4,7,19H,2,5-6,8-9H2,1H3. The van der Waals surface area contributed by atoms with Gasteiger partial charge in [0, 0.05) is 31.3 Å². The van der Waals surface area contributed by atoms with Crippen molar-refractivity contribution in [2.24, 2.45) is 0 Å². The number of hydrogen-bond donors (Lipinski definition) is 1. The first-order valence-electron chi connectivity index (χ1n) is 6.37. The van der Waals surface area contributed by atoms with Crippen LogP contribution in [0.15, 0.2) is 18.2 Å². The zero-order valence-electron chi connectivity index (χ0n) is 11.6. The average molecular weight is 306 g/mol. The van der Waals surface area contributed by atoms with Crippen LogP contribution in [-0.2, 0) is 6.54 Å². The molecule has 0 aliphatic rings. The predicted molar refractivity (Wildman–Crippen MR) is 70.9 cm³/mol. The van der Waals surface area contributed by atoms with Crippen molar-refractivity contribution >= 4 is 5.69 Å². The molecule has 0 aromatic heterocycles. The van der Waals surface area contributed by atoms with Crippen LogP contribution >= 0.6 is 0 Å². The molecule has 1 rings (SSSR count). The van der Waals surface area contributed by atoms with Gasteiger partial charge in [-0.05, 0) is 18.9 Å². The van der Waals surface area contributed by atoms with Crippen molar-refractivity contribution in [1.82, 2.24) is 4.90 Å². The van der Waals surface area contributed by atoms with Gasteiger partial charge >= 0.3 is 6.18 Å². The van der Waals surface area contributed by atoms with Gasteiger partial charge in [0.05, 0.1) is 11.5 Å². The lowest BCUT2D eigenvalue weighted by molar-refractivity contribution is -0.385. The highest BCUT2D eigenvalue weighted by atomic mass is 19.4. The number of nitro benzene ring substituents is 1. The molecule has 0 heterocycles. The van der Waals surface area contributed by atoms with Crippen LogP contribution in [0.1, 0.15) is 17.5 Å². The van der Waals surface area contributed by atoms with Crippen molar-refractivity contribution in [3.8, 4) is 0 Å². The molecule has 0 aliphatic heterocycles.